The van der Waals surface area contributed by atoms with Crippen LogP contribution in [0, 0.1) is 0 Å². The van der Waals surface area contributed by atoms with Gasteiger partial charge in [-0.25, -0.2) is 4.98 Å². The fraction of sp³-hybridized carbons (Fsp3) is 0.500. The van der Waals surface area contributed by atoms with Crippen molar-refractivity contribution in [3.8, 4) is 0 Å². The number of hydrogen-bond donors (Lipinski definition) is 2. The van der Waals surface area contributed by atoms with Gasteiger partial charge in [0.05, 0.1) is 12.2 Å². The lowest BCUT2D eigenvalue weighted by molar-refractivity contribution is 0.699. The number of halogens is 1. The summed E-state index contributed by atoms with van der Waals surface area (Å²) >= 11 is 3.44. The summed E-state index contributed by atoms with van der Waals surface area (Å²) in [4.78, 5) is 8.90. The van der Waals surface area contributed by atoms with Crippen LogP contribution in [-0.2, 0) is 6.54 Å². The standard InChI is InChI=1S/C16H24N4S2.HI/c1-11(2)14-10-22-15(20-14)8-19-16(17-4)18-7-12(3)13-5-6-21-9-13;/h5-6,9-12H,7-8H2,1-4H3,(H2,17,18,19);1H. The van der Waals surface area contributed by atoms with Crippen LogP contribution in [0.3, 0.4) is 0 Å². The summed E-state index contributed by atoms with van der Waals surface area (Å²) in [6.07, 6.45) is 0. The van der Waals surface area contributed by atoms with E-state index in [0.29, 0.717) is 18.4 Å². The number of aliphatic imine (C=N–C) groups is 1. The molecule has 0 aliphatic rings. The largest absolute Gasteiger partial charge is 0.356 e. The summed E-state index contributed by atoms with van der Waals surface area (Å²) in [7, 11) is 1.80. The Morgan fingerprint density at radius 1 is 1.26 bits per heavy atom. The molecule has 0 aliphatic carbocycles. The lowest BCUT2D eigenvalue weighted by Gasteiger charge is -2.14. The SMILES string of the molecule is CN=C(NCc1nc(C(C)C)cs1)NCC(C)c1ccsc1.I. The molecule has 0 amide bonds. The van der Waals surface area contributed by atoms with E-state index < -0.39 is 0 Å². The molecule has 0 bridgehead atoms. The normalized spacial score (nSPS) is 12.8. The fourth-order valence-corrected chi connectivity index (χ4v) is 3.65. The minimum absolute atomic E-state index is 0. The van der Waals surface area contributed by atoms with E-state index in [2.05, 4.69) is 63.6 Å². The third kappa shape index (κ3) is 6.39. The summed E-state index contributed by atoms with van der Waals surface area (Å²) in [6, 6.07) is 2.18. The van der Waals surface area contributed by atoms with Gasteiger partial charge in [-0.05, 0) is 34.2 Å². The number of nitrogens with zero attached hydrogens (tertiary/aromatic N) is 2. The number of hydrogen-bond acceptors (Lipinski definition) is 4. The minimum atomic E-state index is 0. The monoisotopic (exact) mass is 464 g/mol. The van der Waals surface area contributed by atoms with Gasteiger partial charge in [0.2, 0.25) is 0 Å². The first-order chi connectivity index (χ1) is 10.6. The number of thiophene rings is 1. The van der Waals surface area contributed by atoms with Gasteiger partial charge >= 0.3 is 0 Å². The Kier molecular flexibility index (Phi) is 9.08. The topological polar surface area (TPSA) is 49.3 Å². The molecule has 0 fully saturated rings. The molecular weight excluding hydrogens is 439 g/mol. The van der Waals surface area contributed by atoms with E-state index >= 15 is 0 Å². The van der Waals surface area contributed by atoms with Crippen LogP contribution in [0.2, 0.25) is 0 Å². The first-order valence-electron chi connectivity index (χ1n) is 7.51. The highest BCUT2D eigenvalue weighted by atomic mass is 127. The van der Waals surface area contributed by atoms with Crippen LogP contribution in [0.5, 0.6) is 0 Å². The summed E-state index contributed by atoms with van der Waals surface area (Å²) in [5.41, 5.74) is 2.53. The van der Waals surface area contributed by atoms with Crippen molar-refractivity contribution in [1.82, 2.24) is 15.6 Å². The third-order valence-electron chi connectivity index (χ3n) is 3.48. The molecule has 1 unspecified atom stereocenters. The summed E-state index contributed by atoms with van der Waals surface area (Å²) in [5.74, 6) is 1.77. The molecule has 4 nitrogen and oxygen atoms in total. The van der Waals surface area contributed by atoms with Crippen molar-refractivity contribution < 1.29 is 0 Å². The first-order valence-corrected chi connectivity index (χ1v) is 9.33. The second kappa shape index (κ2) is 10.2. The zero-order valence-corrected chi connectivity index (χ0v) is 18.0. The molecule has 2 aromatic heterocycles. The maximum atomic E-state index is 4.63. The van der Waals surface area contributed by atoms with Crippen molar-refractivity contribution in [3.05, 3.63) is 38.5 Å². The second-order valence-corrected chi connectivity index (χ2v) is 7.31. The van der Waals surface area contributed by atoms with Gasteiger partial charge in [0, 0.05) is 19.0 Å². The Morgan fingerprint density at radius 2 is 2.04 bits per heavy atom. The highest BCUT2D eigenvalue weighted by molar-refractivity contribution is 14.0. The average Bonchev–Trinajstić information content (AvgIpc) is 3.18. The molecule has 23 heavy (non-hydrogen) atoms. The molecule has 0 saturated carbocycles. The highest BCUT2D eigenvalue weighted by Crippen LogP contribution is 2.18. The van der Waals surface area contributed by atoms with E-state index in [1.54, 1.807) is 29.7 Å². The molecule has 0 spiro atoms. The first kappa shape index (κ1) is 20.4. The van der Waals surface area contributed by atoms with Crippen LogP contribution >= 0.6 is 46.7 Å². The Hall–Kier alpha value is -0.670. The summed E-state index contributed by atoms with van der Waals surface area (Å²) < 4.78 is 0. The van der Waals surface area contributed by atoms with Crippen LogP contribution in [0.25, 0.3) is 0 Å². The number of nitrogens with one attached hydrogen (secondary N) is 2. The molecule has 7 heteroatoms. The molecule has 0 aromatic carbocycles. The number of thiazole rings is 1. The number of rotatable bonds is 6. The minimum Gasteiger partial charge on any atom is -0.356 e. The van der Waals surface area contributed by atoms with E-state index in [0.717, 1.165) is 23.2 Å². The molecular formula is C16H25IN4S2. The lowest BCUT2D eigenvalue weighted by Crippen LogP contribution is -2.38. The second-order valence-electron chi connectivity index (χ2n) is 5.59. The quantitative estimate of drug-likeness (QED) is 0.378. The Balaban J connectivity index is 0.00000264. The molecule has 2 heterocycles. The molecule has 0 aliphatic heterocycles. The maximum absolute atomic E-state index is 4.63. The van der Waals surface area contributed by atoms with Gasteiger partial charge < -0.3 is 10.6 Å². The third-order valence-corrected chi connectivity index (χ3v) is 5.05. The van der Waals surface area contributed by atoms with Gasteiger partial charge in [0.15, 0.2) is 5.96 Å². The van der Waals surface area contributed by atoms with E-state index in [1.165, 1.54) is 5.56 Å². The predicted molar refractivity (Wildman–Crippen MR) is 113 cm³/mol. The predicted octanol–water partition coefficient (Wildman–Crippen LogP) is 4.41. The Labute approximate surface area is 163 Å². The van der Waals surface area contributed by atoms with Crippen LogP contribution in [0.1, 0.15) is 48.9 Å². The molecule has 0 saturated heterocycles. The summed E-state index contributed by atoms with van der Waals surface area (Å²) in [5, 5.41) is 14.3. The van der Waals surface area contributed by atoms with Crippen molar-refractivity contribution in [2.75, 3.05) is 13.6 Å². The van der Waals surface area contributed by atoms with Gasteiger partial charge in [0.1, 0.15) is 5.01 Å². The van der Waals surface area contributed by atoms with Crippen molar-refractivity contribution in [3.63, 3.8) is 0 Å². The lowest BCUT2D eigenvalue weighted by atomic mass is 10.1. The van der Waals surface area contributed by atoms with Gasteiger partial charge in [0.25, 0.3) is 0 Å². The van der Waals surface area contributed by atoms with Crippen LogP contribution in [0.15, 0.2) is 27.2 Å². The molecule has 0 radical (unpaired) electrons. The van der Waals surface area contributed by atoms with Crippen molar-refractivity contribution in [1.29, 1.82) is 0 Å². The van der Waals surface area contributed by atoms with Crippen molar-refractivity contribution >= 4 is 52.6 Å². The highest BCUT2D eigenvalue weighted by Gasteiger charge is 2.08. The molecule has 2 N–H and O–H groups in total. The Bertz CT molecular complexity index is 593. The molecule has 2 aromatic rings. The average molecular weight is 464 g/mol. The summed E-state index contributed by atoms with van der Waals surface area (Å²) in [6.45, 7) is 8.13. The molecule has 128 valence electrons. The van der Waals surface area contributed by atoms with Gasteiger partial charge in [-0.1, -0.05) is 20.8 Å². The number of aromatic nitrogens is 1. The fourth-order valence-electron chi connectivity index (χ4n) is 1.97. The van der Waals surface area contributed by atoms with Crippen LogP contribution in [0.4, 0.5) is 0 Å². The smallest absolute Gasteiger partial charge is 0.191 e. The van der Waals surface area contributed by atoms with E-state index in [-0.39, 0.29) is 24.0 Å². The van der Waals surface area contributed by atoms with Gasteiger partial charge in [-0.3, -0.25) is 4.99 Å². The van der Waals surface area contributed by atoms with Crippen LogP contribution in [-0.4, -0.2) is 24.5 Å². The zero-order chi connectivity index (χ0) is 15.9. The van der Waals surface area contributed by atoms with Gasteiger partial charge in [-0.2, -0.15) is 11.3 Å². The van der Waals surface area contributed by atoms with E-state index in [1.807, 2.05) is 0 Å². The van der Waals surface area contributed by atoms with E-state index in [9.17, 15) is 0 Å². The Morgan fingerprint density at radius 3 is 2.61 bits per heavy atom. The van der Waals surface area contributed by atoms with Crippen molar-refractivity contribution in [2.45, 2.75) is 39.2 Å². The zero-order valence-electron chi connectivity index (χ0n) is 14.0. The van der Waals surface area contributed by atoms with Crippen LogP contribution < -0.4 is 10.6 Å². The molecule has 1 atom stereocenters. The molecule has 2 rings (SSSR count). The van der Waals surface area contributed by atoms with E-state index in [4.69, 9.17) is 0 Å². The van der Waals surface area contributed by atoms with Gasteiger partial charge in [-0.15, -0.1) is 35.3 Å². The number of guanidine groups is 1. The van der Waals surface area contributed by atoms with Crippen molar-refractivity contribution in [2.24, 2.45) is 4.99 Å². The maximum Gasteiger partial charge on any atom is 0.191 e.